The summed E-state index contributed by atoms with van der Waals surface area (Å²) in [5.41, 5.74) is 0.550. The number of carbonyl (C=O) groups is 1. The molecule has 1 fully saturated rings. The van der Waals surface area contributed by atoms with Crippen molar-refractivity contribution in [3.8, 4) is 0 Å². The molecule has 126 valence electrons. The fraction of sp³-hybridized carbons (Fsp3) is 0.235. The molecule has 0 radical (unpaired) electrons. The molecule has 0 bridgehead atoms. The van der Waals surface area contributed by atoms with Crippen LogP contribution in [0.15, 0.2) is 57.9 Å². The number of halogens is 2. The first-order chi connectivity index (χ1) is 11.4. The maximum atomic E-state index is 12.7. The van der Waals surface area contributed by atoms with Gasteiger partial charge in [-0.15, -0.1) is 0 Å². The SMILES string of the molecule is O=C(c1cccc(Br)c1)N1CC[C@H](S(=O)(=O)c2ccc(Cl)cc2)C1. The summed E-state index contributed by atoms with van der Waals surface area (Å²) < 4.78 is 26.2. The fourth-order valence-electron chi connectivity index (χ4n) is 2.79. The van der Waals surface area contributed by atoms with Gasteiger partial charge in [-0.2, -0.15) is 0 Å². The number of hydrogen-bond acceptors (Lipinski definition) is 3. The van der Waals surface area contributed by atoms with Gasteiger partial charge in [0.1, 0.15) is 0 Å². The molecule has 2 aromatic carbocycles. The Labute approximate surface area is 154 Å². The van der Waals surface area contributed by atoms with E-state index in [1.807, 2.05) is 6.07 Å². The predicted molar refractivity (Wildman–Crippen MR) is 97.1 cm³/mol. The van der Waals surface area contributed by atoms with Crippen molar-refractivity contribution in [2.75, 3.05) is 13.1 Å². The molecule has 1 aliphatic rings. The first-order valence-electron chi connectivity index (χ1n) is 7.42. The molecule has 1 saturated heterocycles. The standard InChI is InChI=1S/C17H15BrClNO3S/c18-13-3-1-2-12(10-13)17(21)20-9-8-16(11-20)24(22,23)15-6-4-14(19)5-7-15/h1-7,10,16H,8-9,11H2/t16-/m0/s1. The van der Waals surface area contributed by atoms with Crippen LogP contribution in [0.25, 0.3) is 0 Å². The number of nitrogens with zero attached hydrogens (tertiary/aromatic N) is 1. The monoisotopic (exact) mass is 427 g/mol. The second kappa shape index (κ2) is 6.86. The summed E-state index contributed by atoms with van der Waals surface area (Å²) in [4.78, 5) is 14.4. The van der Waals surface area contributed by atoms with Crippen molar-refractivity contribution >= 4 is 43.3 Å². The van der Waals surface area contributed by atoms with E-state index in [4.69, 9.17) is 11.6 Å². The zero-order valence-corrected chi connectivity index (χ0v) is 15.8. The highest BCUT2D eigenvalue weighted by molar-refractivity contribution is 9.10. The first kappa shape index (κ1) is 17.5. The van der Waals surface area contributed by atoms with Crippen LogP contribution in [0.1, 0.15) is 16.8 Å². The van der Waals surface area contributed by atoms with Gasteiger partial charge in [-0.3, -0.25) is 4.79 Å². The first-order valence-corrected chi connectivity index (χ1v) is 10.1. The molecule has 24 heavy (non-hydrogen) atoms. The molecule has 0 N–H and O–H groups in total. The number of rotatable bonds is 3. The van der Waals surface area contributed by atoms with Crippen molar-refractivity contribution in [3.63, 3.8) is 0 Å². The molecule has 1 amide bonds. The fourth-order valence-corrected chi connectivity index (χ4v) is 5.00. The van der Waals surface area contributed by atoms with E-state index in [-0.39, 0.29) is 17.3 Å². The largest absolute Gasteiger partial charge is 0.337 e. The van der Waals surface area contributed by atoms with Crippen molar-refractivity contribution in [2.45, 2.75) is 16.6 Å². The van der Waals surface area contributed by atoms with Crippen molar-refractivity contribution in [2.24, 2.45) is 0 Å². The van der Waals surface area contributed by atoms with Gasteiger partial charge in [0.25, 0.3) is 5.91 Å². The maximum Gasteiger partial charge on any atom is 0.253 e. The Balaban J connectivity index is 1.77. The van der Waals surface area contributed by atoms with E-state index in [0.717, 1.165) is 4.47 Å². The summed E-state index contributed by atoms with van der Waals surface area (Å²) in [7, 11) is -3.47. The molecule has 1 aliphatic heterocycles. The number of sulfone groups is 1. The number of carbonyl (C=O) groups excluding carboxylic acids is 1. The van der Waals surface area contributed by atoms with E-state index in [2.05, 4.69) is 15.9 Å². The molecule has 4 nitrogen and oxygen atoms in total. The van der Waals surface area contributed by atoms with Crippen LogP contribution in [0, 0.1) is 0 Å². The summed E-state index contributed by atoms with van der Waals surface area (Å²) >= 11 is 9.16. The molecular formula is C17H15BrClNO3S. The van der Waals surface area contributed by atoms with Gasteiger partial charge in [-0.05, 0) is 48.9 Å². The van der Waals surface area contributed by atoms with Crippen LogP contribution in [-0.4, -0.2) is 37.6 Å². The quantitative estimate of drug-likeness (QED) is 0.747. The van der Waals surface area contributed by atoms with Gasteiger partial charge in [-0.1, -0.05) is 33.6 Å². The van der Waals surface area contributed by atoms with E-state index in [0.29, 0.717) is 23.6 Å². The van der Waals surface area contributed by atoms with E-state index < -0.39 is 15.1 Å². The molecule has 0 saturated carbocycles. The van der Waals surface area contributed by atoms with E-state index >= 15 is 0 Å². The van der Waals surface area contributed by atoms with E-state index in [1.165, 1.54) is 12.1 Å². The van der Waals surface area contributed by atoms with E-state index in [9.17, 15) is 13.2 Å². The molecular weight excluding hydrogens is 414 g/mol. The van der Waals surface area contributed by atoms with Crippen LogP contribution in [-0.2, 0) is 9.84 Å². The Morgan fingerprint density at radius 2 is 1.88 bits per heavy atom. The summed E-state index contributed by atoms with van der Waals surface area (Å²) in [6.07, 6.45) is 0.435. The lowest BCUT2D eigenvalue weighted by Gasteiger charge is -2.17. The lowest BCUT2D eigenvalue weighted by atomic mass is 10.2. The van der Waals surface area contributed by atoms with Crippen LogP contribution >= 0.6 is 27.5 Å². The van der Waals surface area contributed by atoms with Crippen LogP contribution in [0.4, 0.5) is 0 Å². The predicted octanol–water partition coefficient (Wildman–Crippen LogP) is 3.79. The molecule has 1 heterocycles. The lowest BCUT2D eigenvalue weighted by molar-refractivity contribution is 0.0793. The highest BCUT2D eigenvalue weighted by atomic mass is 79.9. The van der Waals surface area contributed by atoms with Crippen LogP contribution < -0.4 is 0 Å². The molecule has 7 heteroatoms. The number of hydrogen-bond donors (Lipinski definition) is 0. The normalized spacial score (nSPS) is 17.9. The molecule has 0 unspecified atom stereocenters. The Bertz CT molecular complexity index is 868. The summed E-state index contributed by atoms with van der Waals surface area (Å²) in [5, 5.41) is -0.0957. The summed E-state index contributed by atoms with van der Waals surface area (Å²) in [6, 6.07) is 13.2. The topological polar surface area (TPSA) is 54.5 Å². The van der Waals surface area contributed by atoms with Gasteiger partial charge < -0.3 is 4.90 Å². The van der Waals surface area contributed by atoms with Gasteiger partial charge in [0.15, 0.2) is 9.84 Å². The van der Waals surface area contributed by atoms with Gasteiger partial charge in [0, 0.05) is 28.1 Å². The smallest absolute Gasteiger partial charge is 0.253 e. The molecule has 2 aromatic rings. The van der Waals surface area contributed by atoms with Crippen molar-refractivity contribution in [3.05, 3.63) is 63.6 Å². The van der Waals surface area contributed by atoms with E-state index in [1.54, 1.807) is 35.2 Å². The molecule has 0 aliphatic carbocycles. The van der Waals surface area contributed by atoms with Crippen molar-refractivity contribution in [1.82, 2.24) is 4.90 Å². The highest BCUT2D eigenvalue weighted by Gasteiger charge is 2.36. The molecule has 0 spiro atoms. The summed E-state index contributed by atoms with van der Waals surface area (Å²) in [6.45, 7) is 0.638. The maximum absolute atomic E-state index is 12.7. The van der Waals surface area contributed by atoms with Gasteiger partial charge in [0.05, 0.1) is 10.1 Å². The number of likely N-dealkylation sites (tertiary alicyclic amines) is 1. The zero-order chi connectivity index (χ0) is 17.3. The minimum Gasteiger partial charge on any atom is -0.337 e. The minimum absolute atomic E-state index is 0.148. The lowest BCUT2D eigenvalue weighted by Crippen LogP contribution is -2.31. The molecule has 3 rings (SSSR count). The number of benzene rings is 2. The third kappa shape index (κ3) is 3.50. The van der Waals surface area contributed by atoms with Crippen LogP contribution in [0.2, 0.25) is 5.02 Å². The Morgan fingerprint density at radius 3 is 2.54 bits per heavy atom. The Hall–Kier alpha value is -1.37. The second-order valence-corrected chi connectivity index (χ2v) is 9.25. The van der Waals surface area contributed by atoms with Gasteiger partial charge in [-0.25, -0.2) is 8.42 Å². The third-order valence-electron chi connectivity index (χ3n) is 4.08. The number of amides is 1. The third-order valence-corrected chi connectivity index (χ3v) is 7.02. The van der Waals surface area contributed by atoms with Crippen LogP contribution in [0.5, 0.6) is 0 Å². The molecule has 0 aromatic heterocycles. The van der Waals surface area contributed by atoms with Gasteiger partial charge >= 0.3 is 0 Å². The van der Waals surface area contributed by atoms with Gasteiger partial charge in [0.2, 0.25) is 0 Å². The average Bonchev–Trinajstić information content (AvgIpc) is 3.05. The van der Waals surface area contributed by atoms with Crippen molar-refractivity contribution in [1.29, 1.82) is 0 Å². The Kier molecular flexibility index (Phi) is 4.99. The Morgan fingerprint density at radius 1 is 1.17 bits per heavy atom. The minimum atomic E-state index is -3.47. The summed E-state index contributed by atoms with van der Waals surface area (Å²) in [5.74, 6) is -0.148. The second-order valence-electron chi connectivity index (χ2n) is 5.67. The van der Waals surface area contributed by atoms with Crippen molar-refractivity contribution < 1.29 is 13.2 Å². The zero-order valence-electron chi connectivity index (χ0n) is 12.7. The highest BCUT2D eigenvalue weighted by Crippen LogP contribution is 2.26. The van der Waals surface area contributed by atoms with Crippen LogP contribution in [0.3, 0.4) is 0 Å². The average molecular weight is 429 g/mol. The molecule has 1 atom stereocenters.